The molecule has 2 aromatic rings. The Bertz CT molecular complexity index is 1120. The lowest BCUT2D eigenvalue weighted by molar-refractivity contribution is -0.323. The number of fused-ring (bicyclic) bond motifs is 1. The van der Waals surface area contributed by atoms with Crippen molar-refractivity contribution in [2.45, 2.75) is 31.3 Å². The monoisotopic (exact) mass is 478 g/mol. The molecule has 1 saturated heterocycles. The molecule has 12 heteroatoms. The van der Waals surface area contributed by atoms with Crippen LogP contribution in [0, 0.1) is 22.7 Å². The summed E-state index contributed by atoms with van der Waals surface area (Å²) in [4.78, 5) is 10.4. The molecule has 0 aliphatic carbocycles. The van der Waals surface area contributed by atoms with Crippen LogP contribution in [0.4, 0.5) is 19.0 Å². The number of rotatable bonds is 6. The first-order chi connectivity index (χ1) is 15.8. The van der Waals surface area contributed by atoms with Gasteiger partial charge < -0.3 is 14.8 Å². The average Bonchev–Trinajstić information content (AvgIpc) is 2.75. The zero-order valence-electron chi connectivity index (χ0n) is 17.2. The van der Waals surface area contributed by atoms with Crippen molar-refractivity contribution in [3.63, 3.8) is 0 Å². The van der Waals surface area contributed by atoms with E-state index in [1.54, 1.807) is 6.07 Å². The summed E-state index contributed by atoms with van der Waals surface area (Å²) in [7, 11) is 0. The lowest BCUT2D eigenvalue weighted by Gasteiger charge is -2.41. The van der Waals surface area contributed by atoms with E-state index in [9.17, 15) is 18.4 Å². The molecule has 0 amide bonds. The van der Waals surface area contributed by atoms with E-state index < -0.39 is 25.0 Å². The fourth-order valence-corrected chi connectivity index (χ4v) is 4.01. The molecule has 0 aromatic carbocycles. The largest absolute Gasteiger partial charge is 0.456 e. The number of nitriles is 2. The second-order valence-corrected chi connectivity index (χ2v) is 8.12. The van der Waals surface area contributed by atoms with E-state index in [1.807, 2.05) is 6.07 Å². The van der Waals surface area contributed by atoms with Gasteiger partial charge in [0, 0.05) is 37.5 Å². The maximum atomic E-state index is 13.2. The van der Waals surface area contributed by atoms with E-state index in [1.165, 1.54) is 12.3 Å². The Balaban J connectivity index is 1.48. The van der Waals surface area contributed by atoms with Gasteiger partial charge in [0.15, 0.2) is 0 Å². The second kappa shape index (κ2) is 9.02. The molecule has 4 rings (SSSR count). The van der Waals surface area contributed by atoms with E-state index in [0.717, 1.165) is 16.7 Å². The summed E-state index contributed by atoms with van der Waals surface area (Å²) in [6.07, 6.45) is -2.52. The minimum Gasteiger partial charge on any atom is -0.456 e. The molecule has 4 heterocycles. The van der Waals surface area contributed by atoms with E-state index in [0.29, 0.717) is 37.4 Å². The highest BCUT2D eigenvalue weighted by Crippen LogP contribution is 2.39. The molecular weight excluding hydrogens is 461 g/mol. The molecule has 2 aliphatic rings. The van der Waals surface area contributed by atoms with Gasteiger partial charge in [-0.1, -0.05) is 17.7 Å². The van der Waals surface area contributed by atoms with Crippen LogP contribution in [0.3, 0.4) is 0 Å². The molecule has 2 aromatic heterocycles. The fourth-order valence-electron chi connectivity index (χ4n) is 3.77. The van der Waals surface area contributed by atoms with Crippen molar-refractivity contribution < 1.29 is 22.6 Å². The summed E-state index contributed by atoms with van der Waals surface area (Å²) in [5.74, 6) is 0.339. The van der Waals surface area contributed by atoms with Crippen LogP contribution >= 0.6 is 11.6 Å². The third kappa shape index (κ3) is 4.53. The van der Waals surface area contributed by atoms with Gasteiger partial charge in [-0.3, -0.25) is 4.90 Å². The standard InChI is InChI=1S/C21H18ClF3N6O2/c22-18-15(7-27)14-3-6-31(10-16(14)19(30-18)28-5-4-26)9-13-1-2-17(29-8-13)33-20(11-32-12-20)21(23,24)25/h1-2,8H,3,5-6,9-12H2,(H,28,30). The molecule has 0 saturated carbocycles. The van der Waals surface area contributed by atoms with Crippen molar-refractivity contribution in [3.8, 4) is 18.0 Å². The zero-order chi connectivity index (χ0) is 23.6. The minimum atomic E-state index is -4.55. The van der Waals surface area contributed by atoms with Crippen molar-refractivity contribution in [3.05, 3.63) is 45.7 Å². The number of hydrogen-bond donors (Lipinski definition) is 1. The first kappa shape index (κ1) is 23.1. The topological polar surface area (TPSA) is 107 Å². The molecule has 0 radical (unpaired) electrons. The van der Waals surface area contributed by atoms with Crippen LogP contribution < -0.4 is 10.1 Å². The van der Waals surface area contributed by atoms with E-state index in [2.05, 4.69) is 26.3 Å². The molecule has 172 valence electrons. The molecule has 1 fully saturated rings. The number of nitrogens with zero attached hydrogens (tertiary/aromatic N) is 5. The highest BCUT2D eigenvalue weighted by Gasteiger charge is 2.63. The SMILES string of the molecule is N#CCNc1nc(Cl)c(C#N)c2c1CN(Cc1ccc(OC3(C(F)(F)F)COC3)nc1)CC2. The van der Waals surface area contributed by atoms with Gasteiger partial charge in [0.1, 0.15) is 23.6 Å². The van der Waals surface area contributed by atoms with Crippen molar-refractivity contribution in [1.29, 1.82) is 10.5 Å². The van der Waals surface area contributed by atoms with Gasteiger partial charge in [-0.05, 0) is 17.5 Å². The predicted molar refractivity (Wildman–Crippen MR) is 110 cm³/mol. The second-order valence-electron chi connectivity index (χ2n) is 7.76. The van der Waals surface area contributed by atoms with Gasteiger partial charge in [0.05, 0.1) is 24.8 Å². The molecule has 0 bridgehead atoms. The van der Waals surface area contributed by atoms with Crippen LogP contribution in [0.2, 0.25) is 5.15 Å². The number of ether oxygens (including phenoxy) is 2. The molecular formula is C21H18ClF3N6O2. The zero-order valence-corrected chi connectivity index (χ0v) is 18.0. The van der Waals surface area contributed by atoms with Crippen LogP contribution in [0.15, 0.2) is 18.3 Å². The normalized spacial score (nSPS) is 17.3. The Morgan fingerprint density at radius 3 is 2.64 bits per heavy atom. The Morgan fingerprint density at radius 1 is 1.27 bits per heavy atom. The highest BCUT2D eigenvalue weighted by atomic mass is 35.5. The van der Waals surface area contributed by atoms with Crippen molar-refractivity contribution >= 4 is 17.4 Å². The molecule has 33 heavy (non-hydrogen) atoms. The van der Waals surface area contributed by atoms with Gasteiger partial charge in [-0.2, -0.15) is 23.7 Å². The number of aromatic nitrogens is 2. The van der Waals surface area contributed by atoms with Crippen LogP contribution in [0.5, 0.6) is 5.88 Å². The maximum absolute atomic E-state index is 13.2. The van der Waals surface area contributed by atoms with Gasteiger partial charge >= 0.3 is 6.18 Å². The van der Waals surface area contributed by atoms with Crippen molar-refractivity contribution in [1.82, 2.24) is 14.9 Å². The third-order valence-electron chi connectivity index (χ3n) is 5.57. The fraction of sp³-hybridized carbons (Fsp3) is 0.429. The molecule has 8 nitrogen and oxygen atoms in total. The lowest BCUT2D eigenvalue weighted by atomic mass is 9.96. The number of anilines is 1. The molecule has 2 aliphatic heterocycles. The summed E-state index contributed by atoms with van der Waals surface area (Å²) in [5, 5.41) is 21.4. The first-order valence-electron chi connectivity index (χ1n) is 9.99. The Labute approximate surface area is 192 Å². The quantitative estimate of drug-likeness (QED) is 0.498. The summed E-state index contributed by atoms with van der Waals surface area (Å²) in [5.41, 5.74) is 0.359. The van der Waals surface area contributed by atoms with Gasteiger partial charge in [-0.25, -0.2) is 9.97 Å². The number of pyridine rings is 2. The van der Waals surface area contributed by atoms with Gasteiger partial charge in [0.25, 0.3) is 5.60 Å². The van der Waals surface area contributed by atoms with E-state index in [4.69, 9.17) is 26.3 Å². The Morgan fingerprint density at radius 2 is 2.06 bits per heavy atom. The van der Waals surface area contributed by atoms with E-state index >= 15 is 0 Å². The van der Waals surface area contributed by atoms with Crippen LogP contribution in [0.1, 0.15) is 22.3 Å². The highest BCUT2D eigenvalue weighted by molar-refractivity contribution is 6.30. The van der Waals surface area contributed by atoms with Crippen molar-refractivity contribution in [2.24, 2.45) is 0 Å². The van der Waals surface area contributed by atoms with Crippen LogP contribution in [0.25, 0.3) is 0 Å². The van der Waals surface area contributed by atoms with Gasteiger partial charge in [0.2, 0.25) is 5.88 Å². The smallest absolute Gasteiger partial charge is 0.432 e. The first-order valence-corrected chi connectivity index (χ1v) is 10.4. The van der Waals surface area contributed by atoms with Crippen LogP contribution in [-0.2, 0) is 24.2 Å². The average molecular weight is 479 g/mol. The minimum absolute atomic E-state index is 0.0392. The summed E-state index contributed by atoms with van der Waals surface area (Å²) < 4.78 is 49.6. The maximum Gasteiger partial charge on any atom is 0.432 e. The Kier molecular flexibility index (Phi) is 6.30. The van der Waals surface area contributed by atoms with E-state index in [-0.39, 0.29) is 17.6 Å². The number of nitrogens with one attached hydrogen (secondary N) is 1. The van der Waals surface area contributed by atoms with Crippen molar-refractivity contribution in [2.75, 3.05) is 31.6 Å². The summed E-state index contributed by atoms with van der Waals surface area (Å²) >= 11 is 6.15. The van der Waals surface area contributed by atoms with Crippen LogP contribution in [-0.4, -0.2) is 52.9 Å². The lowest BCUT2D eigenvalue weighted by Crippen LogP contribution is -2.64. The number of alkyl halides is 3. The number of halogens is 4. The third-order valence-corrected chi connectivity index (χ3v) is 5.84. The Hall–Kier alpha value is -3.12. The molecule has 1 N–H and O–H groups in total. The summed E-state index contributed by atoms with van der Waals surface area (Å²) in [6, 6.07) is 7.16. The van der Waals surface area contributed by atoms with Gasteiger partial charge in [-0.15, -0.1) is 0 Å². The number of hydrogen-bond acceptors (Lipinski definition) is 8. The summed E-state index contributed by atoms with van der Waals surface area (Å²) in [6.45, 7) is 0.483. The molecule has 0 spiro atoms. The molecule has 0 atom stereocenters. The molecule has 0 unspecified atom stereocenters. The predicted octanol–water partition coefficient (Wildman–Crippen LogP) is 3.21.